The number of nitriles is 1. The molecule has 0 aliphatic heterocycles. The SMILES string of the molecule is CCC(CC)c1nc(C#N)c(N/N=C/c2cccc(F)c2)o1. The van der Waals surface area contributed by atoms with Crippen LogP contribution in [0.4, 0.5) is 10.3 Å². The summed E-state index contributed by atoms with van der Waals surface area (Å²) < 4.78 is 18.6. The molecule has 114 valence electrons. The highest BCUT2D eigenvalue weighted by molar-refractivity contribution is 5.80. The van der Waals surface area contributed by atoms with E-state index >= 15 is 0 Å². The third kappa shape index (κ3) is 3.70. The first kappa shape index (κ1) is 15.7. The molecule has 1 aromatic heterocycles. The molecular weight excluding hydrogens is 283 g/mol. The molecule has 0 aliphatic carbocycles. The van der Waals surface area contributed by atoms with Gasteiger partial charge in [0.2, 0.25) is 11.6 Å². The second-order valence-electron chi connectivity index (χ2n) is 4.78. The molecule has 0 saturated carbocycles. The Morgan fingerprint density at radius 1 is 1.45 bits per heavy atom. The van der Waals surface area contributed by atoms with Gasteiger partial charge in [0.1, 0.15) is 11.9 Å². The number of halogens is 1. The lowest BCUT2D eigenvalue weighted by molar-refractivity contribution is 0.439. The average molecular weight is 300 g/mol. The summed E-state index contributed by atoms with van der Waals surface area (Å²) in [7, 11) is 0. The Balaban J connectivity index is 2.14. The maximum Gasteiger partial charge on any atom is 0.252 e. The Kier molecular flexibility index (Phi) is 5.26. The molecule has 0 atom stereocenters. The zero-order chi connectivity index (χ0) is 15.9. The number of benzene rings is 1. The number of oxazole rings is 1. The highest BCUT2D eigenvalue weighted by atomic mass is 19.1. The normalized spacial score (nSPS) is 11.0. The van der Waals surface area contributed by atoms with E-state index < -0.39 is 0 Å². The molecule has 0 aliphatic rings. The second-order valence-corrected chi connectivity index (χ2v) is 4.78. The number of hydrogen-bond acceptors (Lipinski definition) is 5. The summed E-state index contributed by atoms with van der Waals surface area (Å²) in [4.78, 5) is 4.19. The van der Waals surface area contributed by atoms with Crippen LogP contribution in [0.5, 0.6) is 0 Å². The molecule has 5 nitrogen and oxygen atoms in total. The Labute approximate surface area is 128 Å². The summed E-state index contributed by atoms with van der Waals surface area (Å²) in [5, 5.41) is 13.1. The van der Waals surface area contributed by atoms with E-state index in [0.29, 0.717) is 11.5 Å². The zero-order valence-corrected chi connectivity index (χ0v) is 12.5. The largest absolute Gasteiger partial charge is 0.422 e. The van der Waals surface area contributed by atoms with Gasteiger partial charge in [-0.2, -0.15) is 10.4 Å². The van der Waals surface area contributed by atoms with Gasteiger partial charge in [-0.05, 0) is 30.5 Å². The van der Waals surface area contributed by atoms with Crippen LogP contribution in [0.25, 0.3) is 0 Å². The Hall–Kier alpha value is -2.68. The van der Waals surface area contributed by atoms with Crippen molar-refractivity contribution < 1.29 is 8.81 Å². The van der Waals surface area contributed by atoms with Gasteiger partial charge in [-0.1, -0.05) is 26.0 Å². The van der Waals surface area contributed by atoms with Crippen LogP contribution >= 0.6 is 0 Å². The summed E-state index contributed by atoms with van der Waals surface area (Å²) in [6, 6.07) is 8.00. The molecule has 2 aromatic rings. The van der Waals surface area contributed by atoms with Gasteiger partial charge in [-0.15, -0.1) is 0 Å². The predicted molar refractivity (Wildman–Crippen MR) is 82.2 cm³/mol. The number of nitrogens with zero attached hydrogens (tertiary/aromatic N) is 3. The van der Waals surface area contributed by atoms with Crippen LogP contribution in [0.1, 0.15) is 49.8 Å². The van der Waals surface area contributed by atoms with E-state index in [0.717, 1.165) is 12.8 Å². The third-order valence-corrected chi connectivity index (χ3v) is 3.31. The molecule has 6 heteroatoms. The Morgan fingerprint density at radius 3 is 2.86 bits per heavy atom. The lowest BCUT2D eigenvalue weighted by Gasteiger charge is -2.05. The highest BCUT2D eigenvalue weighted by Gasteiger charge is 2.18. The molecule has 0 bridgehead atoms. The van der Waals surface area contributed by atoms with Crippen LogP contribution < -0.4 is 5.43 Å². The number of rotatable bonds is 6. The first-order chi connectivity index (χ1) is 10.7. The van der Waals surface area contributed by atoms with E-state index in [-0.39, 0.29) is 23.3 Å². The van der Waals surface area contributed by atoms with Gasteiger partial charge in [0.25, 0.3) is 5.88 Å². The quantitative estimate of drug-likeness (QED) is 0.645. The highest BCUT2D eigenvalue weighted by Crippen LogP contribution is 2.27. The van der Waals surface area contributed by atoms with E-state index in [1.807, 2.05) is 19.9 Å². The van der Waals surface area contributed by atoms with Gasteiger partial charge in [0, 0.05) is 5.92 Å². The predicted octanol–water partition coefficient (Wildman–Crippen LogP) is 4.03. The molecular formula is C16H17FN4O. The van der Waals surface area contributed by atoms with Gasteiger partial charge in [-0.3, -0.25) is 0 Å². The monoisotopic (exact) mass is 300 g/mol. The first-order valence-electron chi connectivity index (χ1n) is 7.13. The molecule has 0 fully saturated rings. The number of hydrogen-bond donors (Lipinski definition) is 1. The minimum atomic E-state index is -0.336. The summed E-state index contributed by atoms with van der Waals surface area (Å²) in [5.41, 5.74) is 3.42. The van der Waals surface area contributed by atoms with Crippen molar-refractivity contribution in [2.45, 2.75) is 32.6 Å². The molecule has 0 saturated heterocycles. The lowest BCUT2D eigenvalue weighted by Crippen LogP contribution is -1.95. The number of aromatic nitrogens is 1. The smallest absolute Gasteiger partial charge is 0.252 e. The fourth-order valence-electron chi connectivity index (χ4n) is 2.05. The lowest BCUT2D eigenvalue weighted by atomic mass is 10.0. The van der Waals surface area contributed by atoms with E-state index in [2.05, 4.69) is 15.5 Å². The molecule has 22 heavy (non-hydrogen) atoms. The van der Waals surface area contributed by atoms with Crippen molar-refractivity contribution in [2.24, 2.45) is 5.10 Å². The van der Waals surface area contributed by atoms with Gasteiger partial charge < -0.3 is 4.42 Å². The van der Waals surface area contributed by atoms with Crippen LogP contribution in [0.3, 0.4) is 0 Å². The van der Waals surface area contributed by atoms with Crippen molar-refractivity contribution in [3.05, 3.63) is 47.2 Å². The second kappa shape index (κ2) is 7.36. The van der Waals surface area contributed by atoms with Crippen molar-refractivity contribution in [3.8, 4) is 6.07 Å². The van der Waals surface area contributed by atoms with Crippen molar-refractivity contribution in [3.63, 3.8) is 0 Å². The Bertz CT molecular complexity index is 698. The van der Waals surface area contributed by atoms with Gasteiger partial charge in [0.15, 0.2) is 0 Å². The molecule has 0 amide bonds. The van der Waals surface area contributed by atoms with Crippen molar-refractivity contribution in [1.29, 1.82) is 5.26 Å². The van der Waals surface area contributed by atoms with Crippen LogP contribution in [-0.4, -0.2) is 11.2 Å². The first-order valence-corrected chi connectivity index (χ1v) is 7.13. The van der Waals surface area contributed by atoms with Crippen LogP contribution in [0.2, 0.25) is 0 Å². The summed E-state index contributed by atoms with van der Waals surface area (Å²) in [6.07, 6.45) is 3.21. The summed E-state index contributed by atoms with van der Waals surface area (Å²) >= 11 is 0. The molecule has 1 heterocycles. The van der Waals surface area contributed by atoms with E-state index in [9.17, 15) is 4.39 Å². The van der Waals surface area contributed by atoms with Gasteiger partial charge in [0.05, 0.1) is 6.21 Å². The van der Waals surface area contributed by atoms with E-state index in [4.69, 9.17) is 9.68 Å². The molecule has 1 aromatic carbocycles. The van der Waals surface area contributed by atoms with E-state index in [1.165, 1.54) is 18.3 Å². The molecule has 0 radical (unpaired) electrons. The fraction of sp³-hybridized carbons (Fsp3) is 0.312. The maximum atomic E-state index is 13.1. The molecule has 2 rings (SSSR count). The van der Waals surface area contributed by atoms with Crippen LogP contribution in [0.15, 0.2) is 33.8 Å². The van der Waals surface area contributed by atoms with Gasteiger partial charge >= 0.3 is 0 Å². The minimum absolute atomic E-state index is 0.165. The van der Waals surface area contributed by atoms with E-state index in [1.54, 1.807) is 12.1 Å². The molecule has 1 N–H and O–H groups in total. The standard InChI is InChI=1S/C16H17FN4O/c1-3-12(4-2)15-20-14(9-18)16(22-15)21-19-10-11-6-5-7-13(17)8-11/h5-8,10,12,21H,3-4H2,1-2H3/b19-10+. The molecule has 0 unspecified atom stereocenters. The number of nitrogens with one attached hydrogen (secondary N) is 1. The van der Waals surface area contributed by atoms with Crippen LogP contribution in [-0.2, 0) is 0 Å². The summed E-state index contributed by atoms with van der Waals surface area (Å²) in [6.45, 7) is 4.08. The molecule has 0 spiro atoms. The minimum Gasteiger partial charge on any atom is -0.422 e. The van der Waals surface area contributed by atoms with Crippen molar-refractivity contribution in [1.82, 2.24) is 4.98 Å². The number of anilines is 1. The average Bonchev–Trinajstić information content (AvgIpc) is 2.92. The summed E-state index contributed by atoms with van der Waals surface area (Å²) in [5.74, 6) is 0.578. The van der Waals surface area contributed by atoms with Crippen molar-refractivity contribution >= 4 is 12.1 Å². The third-order valence-electron chi connectivity index (χ3n) is 3.31. The maximum absolute atomic E-state index is 13.1. The topological polar surface area (TPSA) is 74.2 Å². The Morgan fingerprint density at radius 2 is 2.23 bits per heavy atom. The van der Waals surface area contributed by atoms with Gasteiger partial charge in [-0.25, -0.2) is 14.8 Å². The zero-order valence-electron chi connectivity index (χ0n) is 12.5. The van der Waals surface area contributed by atoms with Crippen LogP contribution in [0, 0.1) is 17.1 Å². The fourth-order valence-corrected chi connectivity index (χ4v) is 2.05. The van der Waals surface area contributed by atoms with Crippen molar-refractivity contribution in [2.75, 3.05) is 5.43 Å². The number of hydrazone groups is 1.